The van der Waals surface area contributed by atoms with E-state index in [4.69, 9.17) is 5.26 Å². The number of halogens is 4. The monoisotopic (exact) mass is 592 g/mol. The Kier molecular flexibility index (Phi) is 6.72. The van der Waals surface area contributed by atoms with Gasteiger partial charge in [-0.3, -0.25) is 9.59 Å². The number of nitrogens with zero attached hydrogens (tertiary/aromatic N) is 4. The van der Waals surface area contributed by atoms with Crippen molar-refractivity contribution in [2.24, 2.45) is 0 Å². The van der Waals surface area contributed by atoms with Crippen molar-refractivity contribution in [2.75, 3.05) is 23.9 Å². The Morgan fingerprint density at radius 1 is 1.32 bits per heavy atom. The number of rotatable bonds is 6. The Bertz CT molecular complexity index is 1730. The molecule has 0 bridgehead atoms. The fourth-order valence-electron chi connectivity index (χ4n) is 5.01. The maximum absolute atomic E-state index is 14.8. The highest BCUT2D eigenvalue weighted by Crippen LogP contribution is 2.45. The van der Waals surface area contributed by atoms with E-state index in [0.29, 0.717) is 17.5 Å². The van der Waals surface area contributed by atoms with E-state index >= 15 is 0 Å². The summed E-state index contributed by atoms with van der Waals surface area (Å²) in [7, 11) is -3.72. The van der Waals surface area contributed by atoms with Crippen LogP contribution < -0.4 is 15.4 Å². The lowest BCUT2D eigenvalue weighted by atomic mass is 9.82. The summed E-state index contributed by atoms with van der Waals surface area (Å²) in [6.07, 6.45) is -1.96. The summed E-state index contributed by atoms with van der Waals surface area (Å²) in [5, 5.41) is 18.8. The van der Waals surface area contributed by atoms with E-state index in [1.54, 1.807) is 0 Å². The first-order chi connectivity index (χ1) is 19.2. The average molecular weight is 593 g/mol. The van der Waals surface area contributed by atoms with Crippen molar-refractivity contribution in [1.29, 1.82) is 5.26 Å². The standard InChI is InChI=1S/C25H20F4N6O5S/c1-41(38,39)11-20(36)32-22-21-17(34-35(22)19-3-2-13(9-30)10-31-19)8-24(33-23(21)37)5-4-14-6-18(16(26)7-15(14)24)40-12-25(27,28)29/h2-3,6-7,10H,4-5,8,11-12H2,1H3,(H,32,36)(H,33,37)/t24-/m0/s1. The van der Waals surface area contributed by atoms with Crippen molar-refractivity contribution in [1.82, 2.24) is 20.1 Å². The van der Waals surface area contributed by atoms with E-state index in [2.05, 4.69) is 25.5 Å². The first-order valence-corrected chi connectivity index (χ1v) is 14.0. The molecule has 0 radical (unpaired) electrons. The van der Waals surface area contributed by atoms with E-state index in [-0.39, 0.29) is 41.3 Å². The first kappa shape index (κ1) is 28.0. The largest absolute Gasteiger partial charge is 0.481 e. The third-order valence-corrected chi connectivity index (χ3v) is 7.42. The van der Waals surface area contributed by atoms with Crippen LogP contribution in [0.2, 0.25) is 0 Å². The molecule has 1 aromatic carbocycles. The third kappa shape index (κ3) is 5.57. The fraction of sp³-hybridized carbons (Fsp3) is 0.320. The molecule has 2 aromatic heterocycles. The lowest BCUT2D eigenvalue weighted by molar-refractivity contribution is -0.153. The van der Waals surface area contributed by atoms with Crippen molar-refractivity contribution in [2.45, 2.75) is 31.0 Å². The van der Waals surface area contributed by atoms with Crippen molar-refractivity contribution in [3.63, 3.8) is 0 Å². The number of pyridine rings is 1. The number of carbonyl (C=O) groups is 2. The van der Waals surface area contributed by atoms with Gasteiger partial charge in [-0.1, -0.05) is 0 Å². The Hall–Kier alpha value is -4.52. The molecule has 16 heteroatoms. The van der Waals surface area contributed by atoms with Crippen LogP contribution in [0.5, 0.6) is 5.75 Å². The Morgan fingerprint density at radius 2 is 2.07 bits per heavy atom. The van der Waals surface area contributed by atoms with Gasteiger partial charge in [0.15, 0.2) is 39.6 Å². The average Bonchev–Trinajstić information content (AvgIpc) is 3.39. The molecular formula is C25H20F4N6O5S. The molecule has 41 heavy (non-hydrogen) atoms. The number of nitriles is 1. The number of benzene rings is 1. The zero-order valence-corrected chi connectivity index (χ0v) is 22.0. The van der Waals surface area contributed by atoms with Gasteiger partial charge in [0.25, 0.3) is 5.91 Å². The summed E-state index contributed by atoms with van der Waals surface area (Å²) >= 11 is 0. The maximum Gasteiger partial charge on any atom is 0.422 e. The Balaban J connectivity index is 1.55. The number of nitrogens with one attached hydrogen (secondary N) is 2. The molecule has 1 aliphatic heterocycles. The minimum absolute atomic E-state index is 0.0154. The van der Waals surface area contributed by atoms with Crippen LogP contribution in [0.25, 0.3) is 5.82 Å². The van der Waals surface area contributed by atoms with Crippen LogP contribution >= 0.6 is 0 Å². The lowest BCUT2D eigenvalue weighted by Crippen LogP contribution is -2.50. The molecule has 1 spiro atoms. The number of anilines is 1. The van der Waals surface area contributed by atoms with Crippen molar-refractivity contribution in [3.8, 4) is 17.6 Å². The molecule has 0 unspecified atom stereocenters. The van der Waals surface area contributed by atoms with Gasteiger partial charge in [-0.2, -0.15) is 28.2 Å². The van der Waals surface area contributed by atoms with Gasteiger partial charge in [0.2, 0.25) is 5.91 Å². The fourth-order valence-corrected chi connectivity index (χ4v) is 5.56. The first-order valence-electron chi connectivity index (χ1n) is 12.0. The number of ether oxygens (including phenoxy) is 1. The number of amides is 2. The number of carbonyl (C=O) groups excluding carboxylic acids is 2. The lowest BCUT2D eigenvalue weighted by Gasteiger charge is -2.35. The number of hydrogen-bond donors (Lipinski definition) is 2. The van der Waals surface area contributed by atoms with Gasteiger partial charge in [-0.15, -0.1) is 0 Å². The van der Waals surface area contributed by atoms with Crippen LogP contribution in [0.15, 0.2) is 30.5 Å². The summed E-state index contributed by atoms with van der Waals surface area (Å²) in [5.41, 5.74) is 0.0223. The second-order valence-electron chi connectivity index (χ2n) is 9.77. The highest BCUT2D eigenvalue weighted by atomic mass is 32.2. The molecule has 1 aliphatic carbocycles. The molecule has 2 N–H and O–H groups in total. The molecule has 11 nitrogen and oxygen atoms in total. The van der Waals surface area contributed by atoms with Gasteiger partial charge in [0.1, 0.15) is 17.4 Å². The van der Waals surface area contributed by atoms with Crippen LogP contribution in [-0.4, -0.2) is 59.8 Å². The zero-order chi connectivity index (χ0) is 29.7. The van der Waals surface area contributed by atoms with Crippen molar-refractivity contribution < 1.29 is 40.3 Å². The van der Waals surface area contributed by atoms with Crippen LogP contribution in [-0.2, 0) is 33.0 Å². The van der Waals surface area contributed by atoms with Crippen molar-refractivity contribution in [3.05, 3.63) is 64.2 Å². The van der Waals surface area contributed by atoms with Crippen LogP contribution in [0.3, 0.4) is 0 Å². The SMILES string of the molecule is CS(=O)(=O)CC(=O)Nc1c2c(nn1-c1ccc(C#N)cn1)C[C@]1(CCc3cc(OCC(F)(F)F)c(F)cc31)NC2=O. The van der Waals surface area contributed by atoms with Gasteiger partial charge >= 0.3 is 6.18 Å². The predicted molar refractivity (Wildman–Crippen MR) is 134 cm³/mol. The second kappa shape index (κ2) is 9.84. The van der Waals surface area contributed by atoms with Gasteiger partial charge in [-0.05, 0) is 48.2 Å². The topological polar surface area (TPSA) is 156 Å². The van der Waals surface area contributed by atoms with E-state index < -0.39 is 57.3 Å². The number of hydrogen-bond acceptors (Lipinski definition) is 8. The summed E-state index contributed by atoms with van der Waals surface area (Å²) in [6.45, 7) is -1.66. The summed E-state index contributed by atoms with van der Waals surface area (Å²) in [5.74, 6) is -4.14. The van der Waals surface area contributed by atoms with E-state index in [0.717, 1.165) is 17.0 Å². The van der Waals surface area contributed by atoms with E-state index in [1.807, 2.05) is 6.07 Å². The molecule has 2 amide bonds. The number of sulfone groups is 1. The summed E-state index contributed by atoms with van der Waals surface area (Å²) < 4.78 is 81.7. The van der Waals surface area contributed by atoms with Gasteiger partial charge in [0, 0.05) is 18.9 Å². The van der Waals surface area contributed by atoms with Crippen LogP contribution in [0.4, 0.5) is 23.4 Å². The molecule has 214 valence electrons. The molecule has 0 fully saturated rings. The molecular weight excluding hydrogens is 572 g/mol. The second-order valence-corrected chi connectivity index (χ2v) is 11.9. The molecule has 0 saturated heterocycles. The predicted octanol–water partition coefficient (Wildman–Crippen LogP) is 2.33. The molecule has 0 saturated carbocycles. The quantitative estimate of drug-likeness (QED) is 0.413. The zero-order valence-electron chi connectivity index (χ0n) is 21.2. The summed E-state index contributed by atoms with van der Waals surface area (Å²) in [4.78, 5) is 30.2. The Labute approximate surface area is 230 Å². The molecule has 2 aliphatic rings. The molecule has 3 aromatic rings. The van der Waals surface area contributed by atoms with E-state index in [9.17, 15) is 35.6 Å². The number of alkyl halides is 3. The van der Waals surface area contributed by atoms with Crippen molar-refractivity contribution >= 4 is 27.5 Å². The normalized spacial score (nSPS) is 17.9. The smallest absolute Gasteiger partial charge is 0.422 e. The summed E-state index contributed by atoms with van der Waals surface area (Å²) in [6, 6.07) is 6.98. The van der Waals surface area contributed by atoms with Gasteiger partial charge in [-0.25, -0.2) is 17.8 Å². The van der Waals surface area contributed by atoms with Gasteiger partial charge in [0.05, 0.1) is 16.8 Å². The van der Waals surface area contributed by atoms with Crippen LogP contribution in [0, 0.1) is 17.1 Å². The minimum atomic E-state index is -4.66. The van der Waals surface area contributed by atoms with E-state index in [1.165, 1.54) is 24.4 Å². The molecule has 5 rings (SSSR count). The Morgan fingerprint density at radius 3 is 2.71 bits per heavy atom. The highest BCUT2D eigenvalue weighted by molar-refractivity contribution is 7.91. The number of aromatic nitrogens is 3. The molecule has 1 atom stereocenters. The number of aryl methyl sites for hydroxylation is 1. The van der Waals surface area contributed by atoms with Gasteiger partial charge < -0.3 is 15.4 Å². The highest BCUT2D eigenvalue weighted by Gasteiger charge is 2.47. The number of fused-ring (bicyclic) bond motifs is 3. The maximum atomic E-state index is 14.8. The third-order valence-electron chi connectivity index (χ3n) is 6.64. The minimum Gasteiger partial charge on any atom is -0.481 e. The molecule has 3 heterocycles. The van der Waals surface area contributed by atoms with Crippen LogP contribution in [0.1, 0.15) is 39.2 Å².